The summed E-state index contributed by atoms with van der Waals surface area (Å²) in [6.45, 7) is 2.47. The van der Waals surface area contributed by atoms with Crippen molar-refractivity contribution in [1.82, 2.24) is 4.98 Å². The number of benzene rings is 1. The predicted octanol–water partition coefficient (Wildman–Crippen LogP) is 3.06. The van der Waals surface area contributed by atoms with Gasteiger partial charge in [0.05, 0.1) is 15.6 Å². The maximum absolute atomic E-state index is 12.5. The molecule has 0 radical (unpaired) electrons. The zero-order valence-electron chi connectivity index (χ0n) is 11.6. The van der Waals surface area contributed by atoms with Crippen LogP contribution in [0.5, 0.6) is 0 Å². The summed E-state index contributed by atoms with van der Waals surface area (Å²) in [7, 11) is 0. The quantitative estimate of drug-likeness (QED) is 0.912. The molecule has 1 heterocycles. The molecule has 5 heteroatoms. The molecule has 1 aliphatic carbocycles. The van der Waals surface area contributed by atoms with Crippen LogP contribution in [0.4, 0.5) is 5.13 Å². The second-order valence-corrected chi connectivity index (χ2v) is 6.67. The van der Waals surface area contributed by atoms with Crippen LogP contribution >= 0.6 is 11.3 Å². The van der Waals surface area contributed by atoms with Crippen LogP contribution in [0.3, 0.4) is 0 Å². The summed E-state index contributed by atoms with van der Waals surface area (Å²) in [6.07, 6.45) is 3.95. The van der Waals surface area contributed by atoms with Crippen molar-refractivity contribution in [2.75, 3.05) is 11.9 Å². The Morgan fingerprint density at radius 2 is 2.20 bits per heavy atom. The molecule has 2 aromatic rings. The van der Waals surface area contributed by atoms with Gasteiger partial charge in [0.25, 0.3) is 0 Å². The van der Waals surface area contributed by atoms with Crippen LogP contribution in [0.1, 0.15) is 31.2 Å². The Morgan fingerprint density at radius 1 is 1.45 bits per heavy atom. The molecule has 3 N–H and O–H groups in total. The fraction of sp³-hybridized carbons (Fsp3) is 0.467. The lowest BCUT2D eigenvalue weighted by Gasteiger charge is -2.24. The Labute approximate surface area is 122 Å². The first kappa shape index (κ1) is 13.5. The Morgan fingerprint density at radius 3 is 2.90 bits per heavy atom. The average molecular weight is 289 g/mol. The minimum atomic E-state index is -0.381. The highest BCUT2D eigenvalue weighted by molar-refractivity contribution is 7.22. The van der Waals surface area contributed by atoms with Crippen molar-refractivity contribution in [2.45, 2.75) is 32.6 Å². The van der Waals surface area contributed by atoms with Gasteiger partial charge in [0, 0.05) is 6.54 Å². The minimum Gasteiger partial charge on any atom is -0.329 e. The third-order valence-electron chi connectivity index (χ3n) is 4.20. The molecule has 106 valence electrons. The number of carbonyl (C=O) groups is 1. The molecule has 1 saturated carbocycles. The fourth-order valence-corrected chi connectivity index (χ4v) is 3.85. The molecule has 0 spiro atoms. The number of amides is 1. The summed E-state index contributed by atoms with van der Waals surface area (Å²) in [5.74, 6) is 0.0354. The second-order valence-electron chi connectivity index (χ2n) is 5.64. The normalized spacial score (nSPS) is 17.5. The number of nitrogens with one attached hydrogen (secondary N) is 1. The molecule has 20 heavy (non-hydrogen) atoms. The lowest BCUT2D eigenvalue weighted by atomic mass is 9.85. The topological polar surface area (TPSA) is 68.0 Å². The smallest absolute Gasteiger partial charge is 0.233 e. The molecule has 1 aliphatic rings. The van der Waals surface area contributed by atoms with E-state index >= 15 is 0 Å². The van der Waals surface area contributed by atoms with Crippen LogP contribution in [0, 0.1) is 12.3 Å². The van der Waals surface area contributed by atoms with Gasteiger partial charge in [0.15, 0.2) is 5.13 Å². The molecule has 1 aromatic heterocycles. The van der Waals surface area contributed by atoms with E-state index in [2.05, 4.69) is 23.3 Å². The number of nitrogens with two attached hydrogens (primary N) is 1. The van der Waals surface area contributed by atoms with Crippen molar-refractivity contribution in [3.63, 3.8) is 0 Å². The van der Waals surface area contributed by atoms with Crippen LogP contribution in [-0.2, 0) is 4.79 Å². The van der Waals surface area contributed by atoms with Gasteiger partial charge in [-0.3, -0.25) is 4.79 Å². The van der Waals surface area contributed by atoms with E-state index < -0.39 is 0 Å². The molecule has 1 aromatic carbocycles. The maximum Gasteiger partial charge on any atom is 0.233 e. The number of hydrogen-bond acceptors (Lipinski definition) is 4. The number of anilines is 1. The molecule has 0 aliphatic heterocycles. The van der Waals surface area contributed by atoms with Crippen molar-refractivity contribution in [3.8, 4) is 0 Å². The first-order valence-electron chi connectivity index (χ1n) is 7.02. The average Bonchev–Trinajstić information content (AvgIpc) is 3.04. The number of aromatic nitrogens is 1. The van der Waals surface area contributed by atoms with Gasteiger partial charge < -0.3 is 11.1 Å². The lowest BCUT2D eigenvalue weighted by molar-refractivity contribution is -0.124. The highest BCUT2D eigenvalue weighted by Gasteiger charge is 2.40. The van der Waals surface area contributed by atoms with Crippen molar-refractivity contribution in [1.29, 1.82) is 0 Å². The van der Waals surface area contributed by atoms with Gasteiger partial charge in [-0.05, 0) is 37.5 Å². The third-order valence-corrected chi connectivity index (χ3v) is 5.13. The van der Waals surface area contributed by atoms with E-state index in [-0.39, 0.29) is 11.3 Å². The molecule has 0 unspecified atom stereocenters. The summed E-state index contributed by atoms with van der Waals surface area (Å²) in [5, 5.41) is 3.65. The van der Waals surface area contributed by atoms with Gasteiger partial charge in [0.1, 0.15) is 0 Å². The molecule has 3 rings (SSSR count). The van der Waals surface area contributed by atoms with Crippen molar-refractivity contribution in [2.24, 2.45) is 11.1 Å². The number of rotatable bonds is 3. The van der Waals surface area contributed by atoms with Crippen LogP contribution in [0.25, 0.3) is 10.2 Å². The van der Waals surface area contributed by atoms with Gasteiger partial charge in [-0.1, -0.05) is 30.2 Å². The Bertz CT molecular complexity index is 644. The van der Waals surface area contributed by atoms with Crippen LogP contribution in [0.2, 0.25) is 0 Å². The molecular formula is C15H19N3OS. The molecule has 1 fully saturated rings. The molecule has 4 nitrogen and oxygen atoms in total. The largest absolute Gasteiger partial charge is 0.329 e. The molecule has 0 saturated heterocycles. The number of hydrogen-bond donors (Lipinski definition) is 2. The summed E-state index contributed by atoms with van der Waals surface area (Å²) >= 11 is 1.52. The highest BCUT2D eigenvalue weighted by Crippen LogP contribution is 2.38. The van der Waals surface area contributed by atoms with E-state index in [1.165, 1.54) is 16.9 Å². The molecule has 1 amide bonds. The number of thiazole rings is 1. The summed E-state index contributed by atoms with van der Waals surface area (Å²) in [4.78, 5) is 17.0. The SMILES string of the molecule is Cc1ccc2nc(NC(=O)C3(CN)CCCC3)sc2c1. The lowest BCUT2D eigenvalue weighted by Crippen LogP contribution is -2.40. The molecule has 0 bridgehead atoms. The minimum absolute atomic E-state index is 0.0354. The second kappa shape index (κ2) is 5.14. The Kier molecular flexibility index (Phi) is 3.48. The Hall–Kier alpha value is -1.46. The number of fused-ring (bicyclic) bond motifs is 1. The molecular weight excluding hydrogens is 270 g/mol. The number of nitrogens with zero attached hydrogens (tertiary/aromatic N) is 1. The summed E-state index contributed by atoms with van der Waals surface area (Å²) in [5.41, 5.74) is 7.60. The van der Waals surface area contributed by atoms with Crippen LogP contribution in [-0.4, -0.2) is 17.4 Å². The van der Waals surface area contributed by atoms with E-state index in [0.29, 0.717) is 11.7 Å². The first-order chi connectivity index (χ1) is 9.63. The standard InChI is InChI=1S/C15H19N3OS/c1-10-4-5-11-12(8-10)20-14(17-11)18-13(19)15(9-16)6-2-3-7-15/h4-5,8H,2-3,6-7,9,16H2,1H3,(H,17,18,19). The summed E-state index contributed by atoms with van der Waals surface area (Å²) < 4.78 is 1.11. The summed E-state index contributed by atoms with van der Waals surface area (Å²) in [6, 6.07) is 6.12. The first-order valence-corrected chi connectivity index (χ1v) is 7.83. The predicted molar refractivity (Wildman–Crippen MR) is 82.9 cm³/mol. The van der Waals surface area contributed by atoms with Gasteiger partial charge in [-0.25, -0.2) is 4.98 Å². The van der Waals surface area contributed by atoms with Gasteiger partial charge in [-0.2, -0.15) is 0 Å². The van der Waals surface area contributed by atoms with Crippen molar-refractivity contribution >= 4 is 32.6 Å². The van der Waals surface area contributed by atoms with E-state index in [0.717, 1.165) is 35.9 Å². The van der Waals surface area contributed by atoms with E-state index in [1.807, 2.05) is 12.1 Å². The fourth-order valence-electron chi connectivity index (χ4n) is 2.89. The zero-order valence-corrected chi connectivity index (χ0v) is 12.4. The zero-order chi connectivity index (χ0) is 14.2. The van der Waals surface area contributed by atoms with Crippen LogP contribution < -0.4 is 11.1 Å². The van der Waals surface area contributed by atoms with E-state index in [4.69, 9.17) is 5.73 Å². The van der Waals surface area contributed by atoms with Gasteiger partial charge in [0.2, 0.25) is 5.91 Å². The van der Waals surface area contributed by atoms with Crippen molar-refractivity contribution in [3.05, 3.63) is 23.8 Å². The number of aryl methyl sites for hydroxylation is 1. The maximum atomic E-state index is 12.5. The van der Waals surface area contributed by atoms with Crippen LogP contribution in [0.15, 0.2) is 18.2 Å². The molecule has 0 atom stereocenters. The Balaban J connectivity index is 1.83. The van der Waals surface area contributed by atoms with E-state index in [1.54, 1.807) is 0 Å². The highest BCUT2D eigenvalue weighted by atomic mass is 32.1. The monoisotopic (exact) mass is 289 g/mol. The number of carbonyl (C=O) groups excluding carboxylic acids is 1. The van der Waals surface area contributed by atoms with Gasteiger partial charge in [-0.15, -0.1) is 0 Å². The van der Waals surface area contributed by atoms with Gasteiger partial charge >= 0.3 is 0 Å². The van der Waals surface area contributed by atoms with E-state index in [9.17, 15) is 4.79 Å². The van der Waals surface area contributed by atoms with Crippen molar-refractivity contribution < 1.29 is 4.79 Å². The third kappa shape index (κ3) is 2.31.